The number of alkyl carbamates (subject to hydrolysis) is 1. The molecule has 3 aliphatic heterocycles. The number of esters is 1. The van der Waals surface area contributed by atoms with Gasteiger partial charge < -0.3 is 30.0 Å². The number of β-lactam (4-membered cyclic amide) rings is 1. The molecule has 1 aromatic carbocycles. The number of carbonyl (C=O) groups is 4. The smallest absolute Gasteiger partial charge is 0.408 e. The van der Waals surface area contributed by atoms with Crippen molar-refractivity contribution in [1.82, 2.24) is 10.2 Å². The number of hydrogen-bond donors (Lipinski definition) is 2. The van der Waals surface area contributed by atoms with Crippen molar-refractivity contribution in [3.63, 3.8) is 0 Å². The highest BCUT2D eigenvalue weighted by Crippen LogP contribution is 2.46. The number of carbonyl (C=O) groups excluding carboxylic acids is 4. The fourth-order valence-corrected chi connectivity index (χ4v) is 5.49. The zero-order valence-electron chi connectivity index (χ0n) is 19.1. The van der Waals surface area contributed by atoms with E-state index in [1.165, 1.54) is 16.7 Å². The number of nitrogens with two attached hydrogens (primary N) is 1. The van der Waals surface area contributed by atoms with E-state index in [4.69, 9.17) is 24.7 Å². The largest absolute Gasteiger partial charge is 0.445 e. The minimum absolute atomic E-state index is 0.0409. The number of rotatable bonds is 7. The quantitative estimate of drug-likeness (QED) is 0.323. The van der Waals surface area contributed by atoms with Crippen molar-refractivity contribution in [1.29, 1.82) is 0 Å². The molecule has 3 aliphatic rings. The summed E-state index contributed by atoms with van der Waals surface area (Å²) in [6.07, 6.45) is -0.315. The summed E-state index contributed by atoms with van der Waals surface area (Å²) in [7, 11) is 0. The third-order valence-electron chi connectivity index (χ3n) is 5.85. The highest BCUT2D eigenvalue weighted by atomic mass is 32.2. The topological polar surface area (TPSA) is 146 Å². The Balaban J connectivity index is 1.57. The lowest BCUT2D eigenvalue weighted by atomic mass is 9.97. The molecule has 0 aromatic heterocycles. The first kappa shape index (κ1) is 24.9. The Labute approximate surface area is 206 Å². The molecule has 2 fully saturated rings. The molecule has 35 heavy (non-hydrogen) atoms. The average molecular weight is 506 g/mol. The Bertz CT molecular complexity index is 1010. The number of ether oxygens (including phenoxy) is 4. The summed E-state index contributed by atoms with van der Waals surface area (Å²) in [6, 6.07) is 9.13. The molecule has 0 spiro atoms. The predicted molar refractivity (Wildman–Crippen MR) is 123 cm³/mol. The number of fused-ring (bicyclic) bond motifs is 1. The molecule has 188 valence electrons. The lowest BCUT2D eigenvalue weighted by Gasteiger charge is -2.50. The summed E-state index contributed by atoms with van der Waals surface area (Å²) in [6.45, 7) is 1.82. The molecule has 3 amide bonds. The second-order valence-electron chi connectivity index (χ2n) is 8.29. The number of nitrogens with zero attached hydrogens (tertiary/aromatic N) is 1. The summed E-state index contributed by atoms with van der Waals surface area (Å²) in [5.74, 6) is -1.47. The van der Waals surface area contributed by atoms with Crippen LogP contribution >= 0.6 is 11.8 Å². The molecule has 0 saturated carbocycles. The van der Waals surface area contributed by atoms with Crippen molar-refractivity contribution in [2.24, 2.45) is 11.7 Å². The third kappa shape index (κ3) is 5.70. The first-order valence-electron chi connectivity index (χ1n) is 11.3. The van der Waals surface area contributed by atoms with Gasteiger partial charge in [0.1, 0.15) is 24.3 Å². The Kier molecular flexibility index (Phi) is 7.81. The fraction of sp³-hybridized carbons (Fsp3) is 0.478. The van der Waals surface area contributed by atoms with Gasteiger partial charge in [-0.3, -0.25) is 9.69 Å². The second kappa shape index (κ2) is 11.0. The molecular weight excluding hydrogens is 478 g/mol. The number of nitrogens with one attached hydrogen (secondary N) is 1. The molecule has 2 unspecified atom stereocenters. The molecule has 1 aromatic rings. The second-order valence-corrected chi connectivity index (χ2v) is 9.52. The van der Waals surface area contributed by atoms with Crippen LogP contribution in [-0.4, -0.2) is 59.2 Å². The van der Waals surface area contributed by atoms with Crippen LogP contribution in [0.2, 0.25) is 0 Å². The normalized spacial score (nSPS) is 25.7. The van der Waals surface area contributed by atoms with Gasteiger partial charge in [-0.05, 0) is 18.4 Å². The lowest BCUT2D eigenvalue weighted by Crippen LogP contribution is -2.63. The van der Waals surface area contributed by atoms with Gasteiger partial charge in [0.05, 0.1) is 17.9 Å². The molecule has 12 heteroatoms. The summed E-state index contributed by atoms with van der Waals surface area (Å²) < 4.78 is 21.3. The SMILES string of the molecule is C[C@@H]1C(=O)N2C(C(=O)OC3CCCCO3)=C(COC(N)=O)C(NC(=O)OCc3ccccc3)S[C@H]12. The van der Waals surface area contributed by atoms with E-state index in [0.717, 1.165) is 18.4 Å². The van der Waals surface area contributed by atoms with Gasteiger partial charge in [0.15, 0.2) is 0 Å². The molecule has 11 nitrogen and oxygen atoms in total. The Hall–Kier alpha value is -3.25. The standard InChI is InChI=1S/C23H27N3O8S/c1-13-19(27)26-17(21(28)34-16-9-5-6-10-31-16)15(12-32-22(24)29)18(35-20(13)26)25-23(30)33-11-14-7-3-2-4-8-14/h2-4,7-8,13,16,18,20H,5-6,9-12H2,1H3,(H2,24,29)(H,25,30)/t13-,16?,18?,20-/m1/s1. The molecule has 3 heterocycles. The van der Waals surface area contributed by atoms with Gasteiger partial charge in [-0.15, -0.1) is 11.8 Å². The monoisotopic (exact) mass is 505 g/mol. The number of primary amides is 1. The van der Waals surface area contributed by atoms with Crippen molar-refractivity contribution in [3.05, 3.63) is 47.2 Å². The number of hydrogen-bond acceptors (Lipinski definition) is 9. The summed E-state index contributed by atoms with van der Waals surface area (Å²) in [5, 5.41) is 1.45. The van der Waals surface area contributed by atoms with Crippen LogP contribution in [0.4, 0.5) is 9.59 Å². The van der Waals surface area contributed by atoms with Crippen LogP contribution in [0.3, 0.4) is 0 Å². The molecule has 3 N–H and O–H groups in total. The first-order valence-corrected chi connectivity index (χ1v) is 12.2. The van der Waals surface area contributed by atoms with E-state index in [-0.39, 0.29) is 23.8 Å². The maximum atomic E-state index is 13.2. The predicted octanol–water partition coefficient (Wildman–Crippen LogP) is 2.21. The van der Waals surface area contributed by atoms with Crippen LogP contribution in [0, 0.1) is 5.92 Å². The number of thioether (sulfide) groups is 1. The zero-order chi connectivity index (χ0) is 24.9. The van der Waals surface area contributed by atoms with Gasteiger partial charge >= 0.3 is 18.2 Å². The summed E-state index contributed by atoms with van der Waals surface area (Å²) in [5.41, 5.74) is 6.03. The van der Waals surface area contributed by atoms with Gasteiger partial charge in [0.2, 0.25) is 12.2 Å². The van der Waals surface area contributed by atoms with E-state index < -0.39 is 47.7 Å². The van der Waals surface area contributed by atoms with Crippen LogP contribution in [0.1, 0.15) is 31.7 Å². The molecular formula is C23H27N3O8S. The van der Waals surface area contributed by atoms with Crippen LogP contribution in [-0.2, 0) is 35.1 Å². The molecule has 0 radical (unpaired) electrons. The van der Waals surface area contributed by atoms with E-state index in [2.05, 4.69) is 5.32 Å². The van der Waals surface area contributed by atoms with E-state index in [9.17, 15) is 19.2 Å². The Morgan fingerprint density at radius 3 is 2.63 bits per heavy atom. The number of amides is 3. The lowest BCUT2D eigenvalue weighted by molar-refractivity contribution is -0.186. The van der Waals surface area contributed by atoms with Gasteiger partial charge in [0, 0.05) is 12.0 Å². The van der Waals surface area contributed by atoms with Crippen molar-refractivity contribution >= 4 is 35.8 Å². The summed E-state index contributed by atoms with van der Waals surface area (Å²) >= 11 is 1.23. The zero-order valence-corrected chi connectivity index (χ0v) is 20.0. The van der Waals surface area contributed by atoms with E-state index in [0.29, 0.717) is 13.0 Å². The minimum atomic E-state index is -1.07. The molecule has 2 saturated heterocycles. The maximum absolute atomic E-state index is 13.2. The number of benzene rings is 1. The highest BCUT2D eigenvalue weighted by molar-refractivity contribution is 8.00. The Morgan fingerprint density at radius 1 is 1.17 bits per heavy atom. The van der Waals surface area contributed by atoms with Crippen molar-refractivity contribution in [2.75, 3.05) is 13.2 Å². The van der Waals surface area contributed by atoms with Gasteiger partial charge in [0.25, 0.3) is 0 Å². The molecule has 4 atom stereocenters. The fourth-order valence-electron chi connectivity index (χ4n) is 4.02. The third-order valence-corrected chi connectivity index (χ3v) is 7.42. The van der Waals surface area contributed by atoms with Crippen molar-refractivity contribution < 1.29 is 38.1 Å². The van der Waals surface area contributed by atoms with Crippen LogP contribution < -0.4 is 11.1 Å². The highest BCUT2D eigenvalue weighted by Gasteiger charge is 2.54. The van der Waals surface area contributed by atoms with Crippen molar-refractivity contribution in [3.8, 4) is 0 Å². The Morgan fingerprint density at radius 2 is 1.94 bits per heavy atom. The van der Waals surface area contributed by atoms with E-state index >= 15 is 0 Å². The molecule has 4 rings (SSSR count). The van der Waals surface area contributed by atoms with Gasteiger partial charge in [-0.25, -0.2) is 14.4 Å². The van der Waals surface area contributed by atoms with Crippen molar-refractivity contribution in [2.45, 2.75) is 49.8 Å². The average Bonchev–Trinajstić information content (AvgIpc) is 2.86. The van der Waals surface area contributed by atoms with E-state index in [1.54, 1.807) is 6.92 Å². The maximum Gasteiger partial charge on any atom is 0.408 e. The van der Waals surface area contributed by atoms with Gasteiger partial charge in [-0.2, -0.15) is 0 Å². The summed E-state index contributed by atoms with van der Waals surface area (Å²) in [4.78, 5) is 51.1. The van der Waals surface area contributed by atoms with E-state index in [1.807, 2.05) is 30.3 Å². The first-order chi connectivity index (χ1) is 16.8. The van der Waals surface area contributed by atoms with Crippen LogP contribution in [0.25, 0.3) is 0 Å². The van der Waals surface area contributed by atoms with Crippen LogP contribution in [0.5, 0.6) is 0 Å². The van der Waals surface area contributed by atoms with Gasteiger partial charge in [-0.1, -0.05) is 37.3 Å². The molecule has 0 aliphatic carbocycles. The van der Waals surface area contributed by atoms with Crippen LogP contribution in [0.15, 0.2) is 41.6 Å². The minimum Gasteiger partial charge on any atom is -0.445 e. The molecule has 0 bridgehead atoms.